The van der Waals surface area contributed by atoms with Crippen molar-refractivity contribution >= 4 is 35.8 Å². The first-order valence-corrected chi connectivity index (χ1v) is 7.57. The van der Waals surface area contributed by atoms with Gasteiger partial charge in [0.05, 0.1) is 10.6 Å². The summed E-state index contributed by atoms with van der Waals surface area (Å²) >= 11 is 5.95. The number of hydrogen-bond acceptors (Lipinski definition) is 3. The normalized spacial score (nSPS) is 14.8. The largest absolute Gasteiger partial charge is 0.354 e. The van der Waals surface area contributed by atoms with Crippen molar-refractivity contribution in [2.45, 2.75) is 12.8 Å². The highest BCUT2D eigenvalue weighted by Gasteiger charge is 2.20. The van der Waals surface area contributed by atoms with Gasteiger partial charge >= 0.3 is 0 Å². The van der Waals surface area contributed by atoms with Crippen LogP contribution >= 0.6 is 24.0 Å². The van der Waals surface area contributed by atoms with Crippen LogP contribution < -0.4 is 16.0 Å². The van der Waals surface area contributed by atoms with Gasteiger partial charge in [-0.1, -0.05) is 23.7 Å². The Hall–Kier alpha value is -1.30. The van der Waals surface area contributed by atoms with E-state index in [1.54, 1.807) is 24.3 Å². The van der Waals surface area contributed by atoms with Crippen molar-refractivity contribution in [2.75, 3.05) is 26.2 Å². The molecule has 1 saturated heterocycles. The number of carbonyl (C=O) groups excluding carboxylic acids is 2. The summed E-state index contributed by atoms with van der Waals surface area (Å²) in [5, 5.41) is 9.26. The zero-order chi connectivity index (χ0) is 15.1. The maximum Gasteiger partial charge on any atom is 0.252 e. The molecule has 0 aromatic heterocycles. The third-order valence-corrected chi connectivity index (χ3v) is 3.87. The molecule has 1 heterocycles. The van der Waals surface area contributed by atoms with Crippen LogP contribution in [0.5, 0.6) is 0 Å². The van der Waals surface area contributed by atoms with Gasteiger partial charge in [0, 0.05) is 19.0 Å². The molecule has 7 heteroatoms. The standard InChI is InChI=1S/C15H20ClN3O2.ClH/c16-13-4-2-1-3-12(13)15(21)19-10-9-18-14(20)11-5-7-17-8-6-11;/h1-4,11,17H,5-10H2,(H,18,20)(H,19,21);1H. The van der Waals surface area contributed by atoms with Gasteiger partial charge in [-0.05, 0) is 38.1 Å². The van der Waals surface area contributed by atoms with E-state index in [4.69, 9.17) is 11.6 Å². The first-order chi connectivity index (χ1) is 10.2. The van der Waals surface area contributed by atoms with Crippen molar-refractivity contribution in [3.8, 4) is 0 Å². The highest BCUT2D eigenvalue weighted by Crippen LogP contribution is 2.14. The predicted molar refractivity (Wildman–Crippen MR) is 89.6 cm³/mol. The van der Waals surface area contributed by atoms with Crippen LogP contribution in [0.15, 0.2) is 24.3 Å². The number of piperidine rings is 1. The lowest BCUT2D eigenvalue weighted by Crippen LogP contribution is -2.41. The summed E-state index contributed by atoms with van der Waals surface area (Å²) in [4.78, 5) is 23.8. The number of amides is 2. The molecule has 1 fully saturated rings. The van der Waals surface area contributed by atoms with Crippen LogP contribution in [-0.2, 0) is 4.79 Å². The van der Waals surface area contributed by atoms with Crippen LogP contribution in [-0.4, -0.2) is 38.0 Å². The molecule has 2 amide bonds. The second-order valence-corrected chi connectivity index (χ2v) is 5.46. The Balaban J connectivity index is 0.00000242. The molecule has 1 aliphatic rings. The second-order valence-electron chi connectivity index (χ2n) is 5.05. The Morgan fingerprint density at radius 3 is 2.45 bits per heavy atom. The fourth-order valence-electron chi connectivity index (χ4n) is 2.33. The van der Waals surface area contributed by atoms with E-state index in [9.17, 15) is 9.59 Å². The minimum Gasteiger partial charge on any atom is -0.354 e. The van der Waals surface area contributed by atoms with E-state index in [-0.39, 0.29) is 30.1 Å². The topological polar surface area (TPSA) is 70.2 Å². The average molecular weight is 346 g/mol. The third kappa shape index (κ3) is 5.48. The Labute approximate surface area is 141 Å². The summed E-state index contributed by atoms with van der Waals surface area (Å²) in [6.45, 7) is 2.60. The van der Waals surface area contributed by atoms with E-state index in [1.807, 2.05) is 0 Å². The fourth-order valence-corrected chi connectivity index (χ4v) is 2.55. The van der Waals surface area contributed by atoms with Crippen molar-refractivity contribution in [1.82, 2.24) is 16.0 Å². The fraction of sp³-hybridized carbons (Fsp3) is 0.467. The van der Waals surface area contributed by atoms with Crippen molar-refractivity contribution in [3.63, 3.8) is 0 Å². The van der Waals surface area contributed by atoms with Crippen LogP contribution in [0.1, 0.15) is 23.2 Å². The van der Waals surface area contributed by atoms with Crippen LogP contribution in [0.25, 0.3) is 0 Å². The number of hydrogen-bond donors (Lipinski definition) is 3. The summed E-state index contributed by atoms with van der Waals surface area (Å²) in [7, 11) is 0. The molecular weight excluding hydrogens is 325 g/mol. The number of carbonyl (C=O) groups is 2. The Kier molecular flexibility index (Phi) is 8.24. The monoisotopic (exact) mass is 345 g/mol. The van der Waals surface area contributed by atoms with Crippen molar-refractivity contribution in [1.29, 1.82) is 0 Å². The lowest BCUT2D eigenvalue weighted by atomic mass is 9.97. The molecular formula is C15H21Cl2N3O2. The molecule has 122 valence electrons. The van der Waals surface area contributed by atoms with Crippen LogP contribution in [0, 0.1) is 5.92 Å². The van der Waals surface area contributed by atoms with E-state index in [2.05, 4.69) is 16.0 Å². The van der Waals surface area contributed by atoms with E-state index < -0.39 is 0 Å². The van der Waals surface area contributed by atoms with Gasteiger partial charge in [0.1, 0.15) is 0 Å². The van der Waals surface area contributed by atoms with Gasteiger partial charge in [0.2, 0.25) is 5.91 Å². The van der Waals surface area contributed by atoms with E-state index in [1.165, 1.54) is 0 Å². The van der Waals surface area contributed by atoms with Crippen LogP contribution in [0.2, 0.25) is 5.02 Å². The van der Waals surface area contributed by atoms with Gasteiger partial charge in [0.25, 0.3) is 5.91 Å². The molecule has 0 spiro atoms. The molecule has 0 aliphatic carbocycles. The Morgan fingerprint density at radius 2 is 1.77 bits per heavy atom. The first kappa shape index (κ1) is 18.7. The zero-order valence-electron chi connectivity index (χ0n) is 12.2. The van der Waals surface area contributed by atoms with Gasteiger partial charge in [0.15, 0.2) is 0 Å². The molecule has 1 aromatic carbocycles. The average Bonchev–Trinajstić information content (AvgIpc) is 2.52. The highest BCUT2D eigenvalue weighted by molar-refractivity contribution is 6.33. The Morgan fingerprint density at radius 1 is 1.14 bits per heavy atom. The van der Waals surface area contributed by atoms with Crippen LogP contribution in [0.3, 0.4) is 0 Å². The van der Waals surface area contributed by atoms with E-state index >= 15 is 0 Å². The highest BCUT2D eigenvalue weighted by atomic mass is 35.5. The second kappa shape index (κ2) is 9.66. The quantitative estimate of drug-likeness (QED) is 0.710. The summed E-state index contributed by atoms with van der Waals surface area (Å²) in [6, 6.07) is 6.89. The number of nitrogens with one attached hydrogen (secondary N) is 3. The molecule has 0 atom stereocenters. The molecule has 0 unspecified atom stereocenters. The molecule has 1 aromatic rings. The van der Waals surface area contributed by atoms with Gasteiger partial charge in [-0.3, -0.25) is 9.59 Å². The minimum atomic E-state index is -0.225. The maximum absolute atomic E-state index is 11.9. The first-order valence-electron chi connectivity index (χ1n) is 7.19. The lowest BCUT2D eigenvalue weighted by Gasteiger charge is -2.21. The Bertz CT molecular complexity index is 505. The van der Waals surface area contributed by atoms with Crippen molar-refractivity contribution in [2.24, 2.45) is 5.92 Å². The maximum atomic E-state index is 11.9. The molecule has 0 bridgehead atoms. The van der Waals surface area contributed by atoms with Gasteiger partial charge in [-0.2, -0.15) is 0 Å². The molecule has 0 radical (unpaired) electrons. The smallest absolute Gasteiger partial charge is 0.252 e. The summed E-state index contributed by atoms with van der Waals surface area (Å²) in [5.41, 5.74) is 0.448. The van der Waals surface area contributed by atoms with Crippen molar-refractivity contribution < 1.29 is 9.59 Å². The molecule has 5 nitrogen and oxygen atoms in total. The van der Waals surface area contributed by atoms with E-state index in [0.717, 1.165) is 25.9 Å². The number of rotatable bonds is 5. The number of benzene rings is 1. The van der Waals surface area contributed by atoms with E-state index in [0.29, 0.717) is 23.7 Å². The summed E-state index contributed by atoms with van der Waals surface area (Å²) in [6.07, 6.45) is 1.75. The zero-order valence-corrected chi connectivity index (χ0v) is 13.8. The molecule has 3 N–H and O–H groups in total. The SMILES string of the molecule is Cl.O=C(NCCNC(=O)C1CCNCC1)c1ccccc1Cl. The molecule has 0 saturated carbocycles. The molecule has 1 aliphatic heterocycles. The van der Waals surface area contributed by atoms with Crippen LogP contribution in [0.4, 0.5) is 0 Å². The summed E-state index contributed by atoms with van der Waals surface area (Å²) in [5.74, 6) is -0.0641. The van der Waals surface area contributed by atoms with Gasteiger partial charge < -0.3 is 16.0 Å². The number of halogens is 2. The summed E-state index contributed by atoms with van der Waals surface area (Å²) < 4.78 is 0. The third-order valence-electron chi connectivity index (χ3n) is 3.54. The lowest BCUT2D eigenvalue weighted by molar-refractivity contribution is -0.125. The minimum absolute atomic E-state index is 0. The molecule has 22 heavy (non-hydrogen) atoms. The van der Waals surface area contributed by atoms with Crippen molar-refractivity contribution in [3.05, 3.63) is 34.9 Å². The molecule has 2 rings (SSSR count). The van der Waals surface area contributed by atoms with Gasteiger partial charge in [-0.15, -0.1) is 12.4 Å². The predicted octanol–water partition coefficient (Wildman–Crippen LogP) is 1.61. The van der Waals surface area contributed by atoms with Gasteiger partial charge in [-0.25, -0.2) is 0 Å².